The van der Waals surface area contributed by atoms with E-state index in [0.717, 1.165) is 5.56 Å². The molecular formula is C18H18FNO3. The molecule has 2 aromatic rings. The number of aliphatic hydroxyl groups is 1. The van der Waals surface area contributed by atoms with E-state index in [1.807, 2.05) is 30.3 Å². The second-order valence-corrected chi connectivity index (χ2v) is 5.69. The SMILES string of the molecule is COc1c(F)cccc1C(=O)N1CCC(O)(c2ccccc2)C1. The van der Waals surface area contributed by atoms with Crippen LogP contribution in [0.25, 0.3) is 0 Å². The number of hydrogen-bond donors (Lipinski definition) is 1. The molecule has 1 aliphatic rings. The second kappa shape index (κ2) is 6.01. The van der Waals surface area contributed by atoms with E-state index in [1.54, 1.807) is 0 Å². The molecule has 120 valence electrons. The van der Waals surface area contributed by atoms with E-state index in [-0.39, 0.29) is 23.8 Å². The largest absolute Gasteiger partial charge is 0.493 e. The van der Waals surface area contributed by atoms with E-state index in [9.17, 15) is 14.3 Å². The van der Waals surface area contributed by atoms with Gasteiger partial charge in [-0.15, -0.1) is 0 Å². The van der Waals surface area contributed by atoms with E-state index >= 15 is 0 Å². The van der Waals surface area contributed by atoms with Gasteiger partial charge < -0.3 is 14.7 Å². The Bertz CT molecular complexity index is 719. The Labute approximate surface area is 134 Å². The van der Waals surface area contributed by atoms with Crippen molar-refractivity contribution in [2.75, 3.05) is 20.2 Å². The highest BCUT2D eigenvalue weighted by Crippen LogP contribution is 2.33. The highest BCUT2D eigenvalue weighted by molar-refractivity contribution is 5.97. The number of carbonyl (C=O) groups is 1. The van der Waals surface area contributed by atoms with Gasteiger partial charge in [-0.25, -0.2) is 4.39 Å². The van der Waals surface area contributed by atoms with Crippen LogP contribution >= 0.6 is 0 Å². The van der Waals surface area contributed by atoms with E-state index in [4.69, 9.17) is 4.74 Å². The number of amides is 1. The third kappa shape index (κ3) is 2.80. The van der Waals surface area contributed by atoms with Crippen molar-refractivity contribution in [1.29, 1.82) is 0 Å². The molecule has 0 radical (unpaired) electrons. The first-order valence-corrected chi connectivity index (χ1v) is 7.45. The summed E-state index contributed by atoms with van der Waals surface area (Å²) in [5.41, 5.74) is -0.122. The van der Waals surface area contributed by atoms with Crippen LogP contribution in [0.5, 0.6) is 5.75 Å². The first-order chi connectivity index (χ1) is 11.0. The Kier molecular flexibility index (Phi) is 4.05. The van der Waals surface area contributed by atoms with Crippen molar-refractivity contribution in [2.24, 2.45) is 0 Å². The lowest BCUT2D eigenvalue weighted by molar-refractivity contribution is 0.0416. The molecule has 1 atom stereocenters. The molecule has 0 aromatic heterocycles. The molecule has 1 N–H and O–H groups in total. The fourth-order valence-corrected chi connectivity index (χ4v) is 3.01. The van der Waals surface area contributed by atoms with E-state index < -0.39 is 11.4 Å². The van der Waals surface area contributed by atoms with Crippen molar-refractivity contribution >= 4 is 5.91 Å². The number of β-amino-alcohol motifs (C(OH)–C–C–N with tert-alkyl or cyclic N) is 1. The molecule has 23 heavy (non-hydrogen) atoms. The van der Waals surface area contributed by atoms with Crippen LogP contribution in [0.3, 0.4) is 0 Å². The van der Waals surface area contributed by atoms with Crippen molar-refractivity contribution in [1.82, 2.24) is 4.90 Å². The van der Waals surface area contributed by atoms with Gasteiger partial charge in [0.25, 0.3) is 5.91 Å². The highest BCUT2D eigenvalue weighted by atomic mass is 19.1. The van der Waals surface area contributed by atoms with Gasteiger partial charge in [-0.1, -0.05) is 36.4 Å². The van der Waals surface area contributed by atoms with Crippen molar-refractivity contribution < 1.29 is 19.0 Å². The lowest BCUT2D eigenvalue weighted by Gasteiger charge is -2.24. The smallest absolute Gasteiger partial charge is 0.257 e. The summed E-state index contributed by atoms with van der Waals surface area (Å²) < 4.78 is 18.8. The number of benzene rings is 2. The first-order valence-electron chi connectivity index (χ1n) is 7.45. The molecule has 4 nitrogen and oxygen atoms in total. The number of halogens is 1. The number of hydrogen-bond acceptors (Lipinski definition) is 3. The zero-order chi connectivity index (χ0) is 16.4. The molecule has 0 saturated carbocycles. The van der Waals surface area contributed by atoms with Gasteiger partial charge in [-0.05, 0) is 24.1 Å². The number of rotatable bonds is 3. The Balaban J connectivity index is 1.85. The quantitative estimate of drug-likeness (QED) is 0.947. The van der Waals surface area contributed by atoms with Gasteiger partial charge in [0.05, 0.1) is 19.2 Å². The Hall–Kier alpha value is -2.40. The number of methoxy groups -OCH3 is 1. The fraction of sp³-hybridized carbons (Fsp3) is 0.278. The lowest BCUT2D eigenvalue weighted by Crippen LogP contribution is -2.34. The monoisotopic (exact) mass is 315 g/mol. The summed E-state index contributed by atoms with van der Waals surface area (Å²) in [5, 5.41) is 10.8. The van der Waals surface area contributed by atoms with Crippen LogP contribution in [-0.2, 0) is 5.60 Å². The average molecular weight is 315 g/mol. The maximum atomic E-state index is 13.8. The number of likely N-dealkylation sites (tertiary alicyclic amines) is 1. The van der Waals surface area contributed by atoms with E-state index in [0.29, 0.717) is 13.0 Å². The summed E-state index contributed by atoms with van der Waals surface area (Å²) in [6.45, 7) is 0.583. The van der Waals surface area contributed by atoms with Crippen molar-refractivity contribution in [3.8, 4) is 5.75 Å². The molecule has 0 bridgehead atoms. The van der Waals surface area contributed by atoms with Crippen LogP contribution in [0, 0.1) is 5.82 Å². The van der Waals surface area contributed by atoms with Gasteiger partial charge in [0.2, 0.25) is 0 Å². The minimum absolute atomic E-state index is 0.0624. The number of ether oxygens (including phenoxy) is 1. The third-order valence-electron chi connectivity index (χ3n) is 4.25. The summed E-state index contributed by atoms with van der Waals surface area (Å²) in [6, 6.07) is 13.5. The van der Waals surface area contributed by atoms with Gasteiger partial charge in [0.1, 0.15) is 5.60 Å². The van der Waals surface area contributed by atoms with Crippen LogP contribution in [0.1, 0.15) is 22.3 Å². The standard InChI is InChI=1S/C18H18FNO3/c1-23-16-14(8-5-9-15(16)19)17(21)20-11-10-18(22,12-20)13-6-3-2-4-7-13/h2-9,22H,10-12H2,1H3. The second-order valence-electron chi connectivity index (χ2n) is 5.69. The molecule has 5 heteroatoms. The summed E-state index contributed by atoms with van der Waals surface area (Å²) in [7, 11) is 1.33. The van der Waals surface area contributed by atoms with Crippen molar-refractivity contribution in [3.63, 3.8) is 0 Å². The molecule has 1 unspecified atom stereocenters. The molecule has 1 saturated heterocycles. The molecule has 1 amide bonds. The van der Waals surface area contributed by atoms with Crippen LogP contribution in [0.2, 0.25) is 0 Å². The predicted molar refractivity (Wildman–Crippen MR) is 83.8 cm³/mol. The Morgan fingerprint density at radius 1 is 1.22 bits per heavy atom. The minimum atomic E-state index is -1.07. The van der Waals surface area contributed by atoms with Crippen LogP contribution in [0.4, 0.5) is 4.39 Å². The van der Waals surface area contributed by atoms with Gasteiger partial charge in [-0.2, -0.15) is 0 Å². The van der Waals surface area contributed by atoms with Crippen molar-refractivity contribution in [3.05, 3.63) is 65.5 Å². The number of nitrogens with zero attached hydrogens (tertiary/aromatic N) is 1. The summed E-state index contributed by atoms with van der Waals surface area (Å²) in [6.07, 6.45) is 0.445. The minimum Gasteiger partial charge on any atom is -0.493 e. The van der Waals surface area contributed by atoms with Gasteiger partial charge in [0, 0.05) is 6.54 Å². The van der Waals surface area contributed by atoms with Crippen LogP contribution in [0.15, 0.2) is 48.5 Å². The molecule has 1 aliphatic heterocycles. The maximum Gasteiger partial charge on any atom is 0.257 e. The average Bonchev–Trinajstić information content (AvgIpc) is 2.98. The van der Waals surface area contributed by atoms with Crippen molar-refractivity contribution in [2.45, 2.75) is 12.0 Å². The number of carbonyl (C=O) groups excluding carboxylic acids is 1. The Morgan fingerprint density at radius 3 is 2.65 bits per heavy atom. The molecular weight excluding hydrogens is 297 g/mol. The molecule has 1 fully saturated rings. The summed E-state index contributed by atoms with van der Waals surface area (Å²) in [4.78, 5) is 14.2. The predicted octanol–water partition coefficient (Wildman–Crippen LogP) is 2.57. The molecule has 2 aromatic carbocycles. The fourth-order valence-electron chi connectivity index (χ4n) is 3.01. The van der Waals surface area contributed by atoms with E-state index in [2.05, 4.69) is 0 Å². The Morgan fingerprint density at radius 2 is 1.96 bits per heavy atom. The molecule has 3 rings (SSSR count). The third-order valence-corrected chi connectivity index (χ3v) is 4.25. The number of para-hydroxylation sites is 1. The van der Waals surface area contributed by atoms with Gasteiger partial charge >= 0.3 is 0 Å². The topological polar surface area (TPSA) is 49.8 Å². The van der Waals surface area contributed by atoms with Crippen LogP contribution in [-0.4, -0.2) is 36.1 Å². The molecule has 0 aliphatic carbocycles. The van der Waals surface area contributed by atoms with Gasteiger partial charge in [-0.3, -0.25) is 4.79 Å². The lowest BCUT2D eigenvalue weighted by atomic mass is 9.93. The normalized spacial score (nSPS) is 20.6. The molecule has 1 heterocycles. The first kappa shape index (κ1) is 15.5. The van der Waals surface area contributed by atoms with Crippen LogP contribution < -0.4 is 4.74 Å². The zero-order valence-electron chi connectivity index (χ0n) is 12.8. The summed E-state index contributed by atoms with van der Waals surface area (Å²) >= 11 is 0. The van der Waals surface area contributed by atoms with E-state index in [1.165, 1.54) is 30.2 Å². The zero-order valence-corrected chi connectivity index (χ0v) is 12.8. The van der Waals surface area contributed by atoms with Gasteiger partial charge in [0.15, 0.2) is 11.6 Å². The maximum absolute atomic E-state index is 13.8. The highest BCUT2D eigenvalue weighted by Gasteiger charge is 2.40. The molecule has 0 spiro atoms. The summed E-state index contributed by atoms with van der Waals surface area (Å²) in [5.74, 6) is -0.975.